The molecule has 0 saturated carbocycles. The molecule has 2 aromatic carbocycles. The molecular formula is C18H19N3O2S. The van der Waals surface area contributed by atoms with Crippen LogP contribution in [0, 0.1) is 6.92 Å². The second-order valence-corrected chi connectivity index (χ2v) is 6.84. The number of hydrogen-bond acceptors (Lipinski definition) is 4. The van der Waals surface area contributed by atoms with Gasteiger partial charge in [0.05, 0.1) is 29.1 Å². The summed E-state index contributed by atoms with van der Waals surface area (Å²) in [5, 5.41) is 3.37. The molecule has 0 aliphatic carbocycles. The molecule has 0 saturated heterocycles. The molecule has 1 aromatic heterocycles. The van der Waals surface area contributed by atoms with Crippen LogP contribution in [0.4, 0.5) is 5.69 Å². The minimum Gasteiger partial charge on any atom is -0.495 e. The van der Waals surface area contributed by atoms with E-state index in [1.165, 1.54) is 11.8 Å². The van der Waals surface area contributed by atoms with Crippen LogP contribution in [0.2, 0.25) is 0 Å². The van der Waals surface area contributed by atoms with Crippen LogP contribution >= 0.6 is 11.8 Å². The molecule has 1 amide bonds. The van der Waals surface area contributed by atoms with Gasteiger partial charge in [-0.3, -0.25) is 4.79 Å². The fraction of sp³-hybridized carbons (Fsp3) is 0.222. The van der Waals surface area contributed by atoms with Crippen molar-refractivity contribution < 1.29 is 9.53 Å². The lowest BCUT2D eigenvalue weighted by molar-refractivity contribution is -0.115. The number of aryl methyl sites for hydroxylation is 1. The van der Waals surface area contributed by atoms with Crippen LogP contribution in [-0.4, -0.2) is 28.2 Å². The van der Waals surface area contributed by atoms with Crippen molar-refractivity contribution in [3.63, 3.8) is 0 Å². The summed E-state index contributed by atoms with van der Waals surface area (Å²) in [7, 11) is 1.59. The highest BCUT2D eigenvalue weighted by Gasteiger charge is 2.18. The molecule has 124 valence electrons. The summed E-state index contributed by atoms with van der Waals surface area (Å²) in [6.07, 6.45) is 0. The maximum atomic E-state index is 12.5. The molecule has 24 heavy (non-hydrogen) atoms. The number of carbonyl (C=O) groups excluding carboxylic acids is 1. The van der Waals surface area contributed by atoms with E-state index in [-0.39, 0.29) is 11.2 Å². The third-order valence-electron chi connectivity index (χ3n) is 3.64. The molecule has 0 unspecified atom stereocenters. The first-order chi connectivity index (χ1) is 11.6. The van der Waals surface area contributed by atoms with Crippen molar-refractivity contribution in [3.8, 4) is 5.75 Å². The van der Waals surface area contributed by atoms with Gasteiger partial charge in [0.2, 0.25) is 5.91 Å². The number of rotatable bonds is 5. The molecule has 1 heterocycles. The minimum absolute atomic E-state index is 0.0932. The number of amides is 1. The zero-order valence-electron chi connectivity index (χ0n) is 13.8. The van der Waals surface area contributed by atoms with Gasteiger partial charge in [-0.1, -0.05) is 30.0 Å². The Bertz CT molecular complexity index is 843. The highest BCUT2D eigenvalue weighted by molar-refractivity contribution is 8.00. The van der Waals surface area contributed by atoms with Crippen molar-refractivity contribution in [2.75, 3.05) is 12.4 Å². The van der Waals surface area contributed by atoms with Gasteiger partial charge in [-0.2, -0.15) is 0 Å². The van der Waals surface area contributed by atoms with Crippen LogP contribution in [0.15, 0.2) is 47.6 Å². The predicted octanol–water partition coefficient (Wildman–Crippen LogP) is 4.00. The van der Waals surface area contributed by atoms with Crippen molar-refractivity contribution >= 4 is 34.4 Å². The normalized spacial score (nSPS) is 12.1. The van der Waals surface area contributed by atoms with Crippen LogP contribution < -0.4 is 10.1 Å². The molecule has 0 spiro atoms. The third kappa shape index (κ3) is 3.54. The summed E-state index contributed by atoms with van der Waals surface area (Å²) in [5.41, 5.74) is 3.60. The maximum Gasteiger partial charge on any atom is 0.237 e. The first kappa shape index (κ1) is 16.4. The molecule has 1 atom stereocenters. The maximum absolute atomic E-state index is 12.5. The Kier molecular flexibility index (Phi) is 4.76. The average Bonchev–Trinajstić information content (AvgIpc) is 2.97. The summed E-state index contributed by atoms with van der Waals surface area (Å²) < 4.78 is 5.30. The van der Waals surface area contributed by atoms with Gasteiger partial charge < -0.3 is 15.0 Å². The van der Waals surface area contributed by atoms with Gasteiger partial charge in [0.15, 0.2) is 5.16 Å². The summed E-state index contributed by atoms with van der Waals surface area (Å²) >= 11 is 1.39. The largest absolute Gasteiger partial charge is 0.495 e. The second kappa shape index (κ2) is 6.97. The van der Waals surface area contributed by atoms with E-state index < -0.39 is 0 Å². The SMILES string of the molecule is COc1ccc(C)cc1NC(=O)[C@@H](C)Sc1nc2ccccc2[nH]1. The number of aromatic amines is 1. The Morgan fingerprint density at radius 3 is 2.83 bits per heavy atom. The Labute approximate surface area is 144 Å². The summed E-state index contributed by atoms with van der Waals surface area (Å²) in [6, 6.07) is 13.5. The Morgan fingerprint density at radius 1 is 1.29 bits per heavy atom. The fourth-order valence-corrected chi connectivity index (χ4v) is 3.18. The number of nitrogens with one attached hydrogen (secondary N) is 2. The monoisotopic (exact) mass is 341 g/mol. The lowest BCUT2D eigenvalue weighted by Gasteiger charge is -2.14. The number of imidazole rings is 1. The van der Waals surface area contributed by atoms with E-state index in [1.807, 2.05) is 56.3 Å². The van der Waals surface area contributed by atoms with Crippen LogP contribution in [0.25, 0.3) is 11.0 Å². The predicted molar refractivity (Wildman–Crippen MR) is 97.8 cm³/mol. The second-order valence-electron chi connectivity index (χ2n) is 5.51. The minimum atomic E-state index is -0.296. The number of fused-ring (bicyclic) bond motifs is 1. The quantitative estimate of drug-likeness (QED) is 0.688. The van der Waals surface area contributed by atoms with Gasteiger partial charge in [0.1, 0.15) is 5.75 Å². The molecule has 2 N–H and O–H groups in total. The summed E-state index contributed by atoms with van der Waals surface area (Å²) in [6.45, 7) is 3.83. The number of aromatic nitrogens is 2. The van der Waals surface area contributed by atoms with E-state index in [4.69, 9.17) is 4.74 Å². The van der Waals surface area contributed by atoms with Gasteiger partial charge in [-0.15, -0.1) is 0 Å². The van der Waals surface area contributed by atoms with Crippen molar-refractivity contribution in [2.45, 2.75) is 24.3 Å². The number of ether oxygens (including phenoxy) is 1. The fourth-order valence-electron chi connectivity index (χ4n) is 2.36. The summed E-state index contributed by atoms with van der Waals surface area (Å²) in [4.78, 5) is 20.2. The average molecular weight is 341 g/mol. The first-order valence-corrected chi connectivity index (χ1v) is 8.51. The van der Waals surface area contributed by atoms with Gasteiger partial charge in [-0.25, -0.2) is 4.98 Å². The smallest absolute Gasteiger partial charge is 0.237 e. The number of anilines is 1. The number of hydrogen-bond donors (Lipinski definition) is 2. The Morgan fingerprint density at radius 2 is 2.08 bits per heavy atom. The van der Waals surface area contributed by atoms with Gasteiger partial charge in [0.25, 0.3) is 0 Å². The molecule has 6 heteroatoms. The van der Waals surface area contributed by atoms with Crippen molar-refractivity contribution in [1.82, 2.24) is 9.97 Å². The molecular weight excluding hydrogens is 322 g/mol. The van der Waals surface area contributed by atoms with Crippen molar-refractivity contribution in [1.29, 1.82) is 0 Å². The van der Waals surface area contributed by atoms with E-state index >= 15 is 0 Å². The third-order valence-corrected chi connectivity index (χ3v) is 4.62. The number of benzene rings is 2. The molecule has 0 fully saturated rings. The Hall–Kier alpha value is -2.47. The highest BCUT2D eigenvalue weighted by Crippen LogP contribution is 2.28. The van der Waals surface area contributed by atoms with E-state index in [0.29, 0.717) is 11.4 Å². The van der Waals surface area contributed by atoms with E-state index in [9.17, 15) is 4.79 Å². The number of H-pyrrole nitrogens is 1. The van der Waals surface area contributed by atoms with Crippen LogP contribution in [0.1, 0.15) is 12.5 Å². The van der Waals surface area contributed by atoms with E-state index in [2.05, 4.69) is 15.3 Å². The molecule has 0 aliphatic heterocycles. The lowest BCUT2D eigenvalue weighted by atomic mass is 10.2. The van der Waals surface area contributed by atoms with Gasteiger partial charge >= 0.3 is 0 Å². The van der Waals surface area contributed by atoms with Crippen LogP contribution in [0.5, 0.6) is 5.75 Å². The van der Waals surface area contributed by atoms with Gasteiger partial charge in [0, 0.05) is 0 Å². The summed E-state index contributed by atoms with van der Waals surface area (Å²) in [5.74, 6) is 0.555. The zero-order chi connectivity index (χ0) is 17.1. The van der Waals surface area contributed by atoms with Crippen molar-refractivity contribution in [2.24, 2.45) is 0 Å². The standard InChI is InChI=1S/C18H19N3O2S/c1-11-8-9-16(23-3)15(10-11)19-17(22)12(2)24-18-20-13-6-4-5-7-14(13)21-18/h4-10,12H,1-3H3,(H,19,22)(H,20,21)/t12-/m1/s1. The number of para-hydroxylation sites is 2. The van der Waals surface area contributed by atoms with E-state index in [1.54, 1.807) is 7.11 Å². The van der Waals surface area contributed by atoms with Crippen LogP contribution in [-0.2, 0) is 4.79 Å². The zero-order valence-corrected chi connectivity index (χ0v) is 14.6. The van der Waals surface area contributed by atoms with Gasteiger partial charge in [-0.05, 0) is 43.7 Å². The number of methoxy groups -OCH3 is 1. The highest BCUT2D eigenvalue weighted by atomic mass is 32.2. The topological polar surface area (TPSA) is 67.0 Å². The number of nitrogens with zero attached hydrogens (tertiary/aromatic N) is 1. The number of thioether (sulfide) groups is 1. The molecule has 3 rings (SSSR count). The van der Waals surface area contributed by atoms with E-state index in [0.717, 1.165) is 21.8 Å². The molecule has 5 nitrogen and oxygen atoms in total. The molecule has 0 bridgehead atoms. The number of carbonyl (C=O) groups is 1. The molecule has 0 radical (unpaired) electrons. The lowest BCUT2D eigenvalue weighted by Crippen LogP contribution is -2.22. The molecule has 3 aromatic rings. The van der Waals surface area contributed by atoms with Crippen molar-refractivity contribution in [3.05, 3.63) is 48.0 Å². The first-order valence-electron chi connectivity index (χ1n) is 7.63. The molecule has 0 aliphatic rings. The Balaban J connectivity index is 1.71. The van der Waals surface area contributed by atoms with Crippen LogP contribution in [0.3, 0.4) is 0 Å².